The molecule has 1 heterocycles. The Labute approximate surface area is 154 Å². The zero-order valence-corrected chi connectivity index (χ0v) is 15.2. The second-order valence-electron chi connectivity index (χ2n) is 6.34. The van der Waals surface area contributed by atoms with Crippen molar-refractivity contribution in [1.29, 1.82) is 0 Å². The molecular weight excluding hydrogens is 328 g/mol. The van der Waals surface area contributed by atoms with Crippen molar-refractivity contribution in [2.75, 3.05) is 23.4 Å². The average Bonchev–Trinajstić information content (AvgIpc) is 3.05. The second-order valence-corrected chi connectivity index (χ2v) is 6.34. The molecule has 2 aromatic carbocycles. The van der Waals surface area contributed by atoms with E-state index in [2.05, 4.69) is 12.2 Å². The fourth-order valence-electron chi connectivity index (χ4n) is 3.13. The zero-order valence-electron chi connectivity index (χ0n) is 15.2. The molecule has 26 heavy (non-hydrogen) atoms. The number of para-hydroxylation sites is 2. The van der Waals surface area contributed by atoms with E-state index in [-0.39, 0.29) is 24.2 Å². The van der Waals surface area contributed by atoms with Crippen LogP contribution >= 0.6 is 0 Å². The molecule has 0 unspecified atom stereocenters. The second kappa shape index (κ2) is 8.04. The summed E-state index contributed by atoms with van der Waals surface area (Å²) in [6, 6.07) is 15.3. The molecule has 5 heteroatoms. The first-order valence-corrected chi connectivity index (χ1v) is 9.04. The minimum atomic E-state index is -0.372. The van der Waals surface area contributed by atoms with E-state index in [4.69, 9.17) is 4.74 Å². The molecular formula is C21H24N2O3. The number of amides is 2. The van der Waals surface area contributed by atoms with E-state index >= 15 is 0 Å². The molecule has 1 saturated heterocycles. The summed E-state index contributed by atoms with van der Waals surface area (Å²) >= 11 is 0. The Hall–Kier alpha value is -2.82. The Balaban J connectivity index is 1.69. The number of benzene rings is 2. The number of ether oxygens (including phenoxy) is 1. The summed E-state index contributed by atoms with van der Waals surface area (Å²) in [6.45, 7) is 4.91. The van der Waals surface area contributed by atoms with E-state index in [0.29, 0.717) is 24.6 Å². The number of anilines is 2. The van der Waals surface area contributed by atoms with E-state index in [9.17, 15) is 9.59 Å². The summed E-state index contributed by atoms with van der Waals surface area (Å²) in [5.41, 5.74) is 2.71. The number of nitrogens with zero attached hydrogens (tertiary/aromatic N) is 1. The standard InChI is InChI=1S/C21H24N2O3/c1-3-15-9-11-17(12-10-15)23-14-16(13-20(23)24)21(25)22-18-7-5-6-8-19(18)26-4-2/h5-12,16H,3-4,13-14H2,1-2H3,(H,22,25)/t16-/m0/s1. The Bertz CT molecular complexity index is 786. The van der Waals surface area contributed by atoms with Crippen LogP contribution in [0.5, 0.6) is 5.75 Å². The molecule has 0 aliphatic carbocycles. The van der Waals surface area contributed by atoms with Crippen molar-refractivity contribution in [2.24, 2.45) is 5.92 Å². The molecule has 1 aliphatic rings. The monoisotopic (exact) mass is 352 g/mol. The first-order chi connectivity index (χ1) is 12.6. The van der Waals surface area contributed by atoms with Gasteiger partial charge in [0, 0.05) is 18.7 Å². The third kappa shape index (κ3) is 3.87. The van der Waals surface area contributed by atoms with Gasteiger partial charge in [-0.05, 0) is 43.2 Å². The van der Waals surface area contributed by atoms with E-state index < -0.39 is 0 Å². The minimum Gasteiger partial charge on any atom is -0.492 e. The lowest BCUT2D eigenvalue weighted by atomic mass is 10.1. The summed E-state index contributed by atoms with van der Waals surface area (Å²) in [5, 5.41) is 2.91. The molecule has 5 nitrogen and oxygen atoms in total. The van der Waals surface area contributed by atoms with Gasteiger partial charge in [0.15, 0.2) is 0 Å². The van der Waals surface area contributed by atoms with E-state index in [1.54, 1.807) is 11.0 Å². The number of carbonyl (C=O) groups excluding carboxylic acids is 2. The van der Waals surface area contributed by atoms with Crippen molar-refractivity contribution in [3.8, 4) is 5.75 Å². The highest BCUT2D eigenvalue weighted by atomic mass is 16.5. The number of nitrogens with one attached hydrogen (secondary N) is 1. The fourth-order valence-corrected chi connectivity index (χ4v) is 3.13. The van der Waals surface area contributed by atoms with Crippen molar-refractivity contribution >= 4 is 23.2 Å². The predicted octanol–water partition coefficient (Wildman–Crippen LogP) is 3.64. The topological polar surface area (TPSA) is 58.6 Å². The van der Waals surface area contributed by atoms with Crippen LogP contribution in [0, 0.1) is 5.92 Å². The van der Waals surface area contributed by atoms with Crippen LogP contribution in [0.15, 0.2) is 48.5 Å². The highest BCUT2D eigenvalue weighted by Gasteiger charge is 2.35. The van der Waals surface area contributed by atoms with Crippen LogP contribution in [0.3, 0.4) is 0 Å². The van der Waals surface area contributed by atoms with Gasteiger partial charge < -0.3 is 15.0 Å². The smallest absolute Gasteiger partial charge is 0.229 e. The van der Waals surface area contributed by atoms with Gasteiger partial charge in [-0.1, -0.05) is 31.2 Å². The summed E-state index contributed by atoms with van der Waals surface area (Å²) in [7, 11) is 0. The molecule has 0 spiro atoms. The van der Waals surface area contributed by atoms with Crippen LogP contribution in [0.4, 0.5) is 11.4 Å². The molecule has 1 aliphatic heterocycles. The van der Waals surface area contributed by atoms with Gasteiger partial charge >= 0.3 is 0 Å². The Morgan fingerprint density at radius 2 is 1.88 bits per heavy atom. The molecule has 2 aromatic rings. The largest absolute Gasteiger partial charge is 0.492 e. The summed E-state index contributed by atoms with van der Waals surface area (Å²) in [6.07, 6.45) is 1.18. The van der Waals surface area contributed by atoms with E-state index in [1.807, 2.05) is 49.4 Å². The first-order valence-electron chi connectivity index (χ1n) is 9.04. The van der Waals surface area contributed by atoms with E-state index in [1.165, 1.54) is 5.56 Å². The highest BCUT2D eigenvalue weighted by Crippen LogP contribution is 2.28. The molecule has 3 rings (SSSR count). The summed E-state index contributed by atoms with van der Waals surface area (Å²) in [5.74, 6) is 0.0911. The maximum Gasteiger partial charge on any atom is 0.229 e. The predicted molar refractivity (Wildman–Crippen MR) is 103 cm³/mol. The highest BCUT2D eigenvalue weighted by molar-refractivity contribution is 6.03. The van der Waals surface area contributed by atoms with Gasteiger partial charge in [0.1, 0.15) is 5.75 Å². The molecule has 2 amide bonds. The molecule has 1 N–H and O–H groups in total. The molecule has 136 valence electrons. The van der Waals surface area contributed by atoms with Crippen molar-refractivity contribution in [3.05, 3.63) is 54.1 Å². The number of rotatable bonds is 6. The Morgan fingerprint density at radius 1 is 1.15 bits per heavy atom. The lowest BCUT2D eigenvalue weighted by molar-refractivity contribution is -0.122. The normalized spacial score (nSPS) is 16.6. The third-order valence-corrected chi connectivity index (χ3v) is 4.60. The number of carbonyl (C=O) groups is 2. The van der Waals surface area contributed by atoms with Gasteiger partial charge in [-0.25, -0.2) is 0 Å². The fraction of sp³-hybridized carbons (Fsp3) is 0.333. The molecule has 1 atom stereocenters. The first kappa shape index (κ1) is 18.0. The van der Waals surface area contributed by atoms with Crippen LogP contribution in [0.1, 0.15) is 25.8 Å². The number of aryl methyl sites for hydroxylation is 1. The van der Waals surface area contributed by atoms with Crippen LogP contribution in [-0.2, 0) is 16.0 Å². The molecule has 0 saturated carbocycles. The van der Waals surface area contributed by atoms with Crippen LogP contribution in [-0.4, -0.2) is 25.0 Å². The Kier molecular flexibility index (Phi) is 5.56. The van der Waals surface area contributed by atoms with Crippen LogP contribution in [0.25, 0.3) is 0 Å². The quantitative estimate of drug-likeness (QED) is 0.863. The summed E-state index contributed by atoms with van der Waals surface area (Å²) < 4.78 is 5.54. The summed E-state index contributed by atoms with van der Waals surface area (Å²) in [4.78, 5) is 26.7. The molecule has 0 radical (unpaired) electrons. The van der Waals surface area contributed by atoms with Gasteiger partial charge in [-0.15, -0.1) is 0 Å². The lowest BCUT2D eigenvalue weighted by Gasteiger charge is -2.17. The molecule has 0 aromatic heterocycles. The third-order valence-electron chi connectivity index (χ3n) is 4.60. The van der Waals surface area contributed by atoms with Gasteiger partial charge in [0.2, 0.25) is 11.8 Å². The maximum absolute atomic E-state index is 12.6. The van der Waals surface area contributed by atoms with Gasteiger partial charge in [0.25, 0.3) is 0 Å². The van der Waals surface area contributed by atoms with Gasteiger partial charge in [-0.2, -0.15) is 0 Å². The van der Waals surface area contributed by atoms with Crippen molar-refractivity contribution in [3.63, 3.8) is 0 Å². The zero-order chi connectivity index (χ0) is 18.5. The SMILES string of the molecule is CCOc1ccccc1NC(=O)[C@H]1CC(=O)N(c2ccc(CC)cc2)C1. The van der Waals surface area contributed by atoms with Crippen molar-refractivity contribution in [2.45, 2.75) is 26.7 Å². The average molecular weight is 352 g/mol. The molecule has 1 fully saturated rings. The maximum atomic E-state index is 12.6. The van der Waals surface area contributed by atoms with Gasteiger partial charge in [0.05, 0.1) is 18.2 Å². The van der Waals surface area contributed by atoms with Crippen LogP contribution in [0.2, 0.25) is 0 Å². The van der Waals surface area contributed by atoms with Gasteiger partial charge in [-0.3, -0.25) is 9.59 Å². The van der Waals surface area contributed by atoms with Crippen LogP contribution < -0.4 is 15.0 Å². The number of hydrogen-bond acceptors (Lipinski definition) is 3. The van der Waals surface area contributed by atoms with Crippen molar-refractivity contribution in [1.82, 2.24) is 0 Å². The number of hydrogen-bond donors (Lipinski definition) is 1. The molecule has 0 bridgehead atoms. The van der Waals surface area contributed by atoms with E-state index in [0.717, 1.165) is 12.1 Å². The lowest BCUT2D eigenvalue weighted by Crippen LogP contribution is -2.28. The van der Waals surface area contributed by atoms with Crippen molar-refractivity contribution < 1.29 is 14.3 Å². The Morgan fingerprint density at radius 3 is 2.58 bits per heavy atom. The minimum absolute atomic E-state index is 0.0208.